The highest BCUT2D eigenvalue weighted by Crippen LogP contribution is 2.43. The van der Waals surface area contributed by atoms with E-state index in [9.17, 15) is 0 Å². The van der Waals surface area contributed by atoms with E-state index >= 15 is 0 Å². The second kappa shape index (κ2) is 9.18. The van der Waals surface area contributed by atoms with E-state index in [0.717, 1.165) is 80.8 Å². The van der Waals surface area contributed by atoms with Gasteiger partial charge in [0, 0.05) is 34.9 Å². The van der Waals surface area contributed by atoms with Crippen molar-refractivity contribution < 1.29 is 9.47 Å². The first-order chi connectivity index (χ1) is 14.6. The van der Waals surface area contributed by atoms with Crippen molar-refractivity contribution in [3.8, 4) is 11.5 Å². The van der Waals surface area contributed by atoms with Crippen molar-refractivity contribution in [2.24, 2.45) is 5.73 Å². The Hall–Kier alpha value is -2.39. The number of nitrogens with two attached hydrogens (primary N) is 1. The van der Waals surface area contributed by atoms with Crippen LogP contribution < -0.4 is 20.5 Å². The molecule has 1 aromatic carbocycles. The Morgan fingerprint density at radius 2 is 2.10 bits per heavy atom. The molecule has 3 heterocycles. The lowest BCUT2D eigenvalue weighted by molar-refractivity contribution is 0.174. The summed E-state index contributed by atoms with van der Waals surface area (Å²) in [5, 5.41) is 4.06. The first-order valence-electron chi connectivity index (χ1n) is 9.80. The molecular formula is C21H24BrN5O2S. The molecule has 0 spiro atoms. The molecule has 0 amide bonds. The number of pyridine rings is 1. The molecule has 7 nitrogen and oxygen atoms in total. The van der Waals surface area contributed by atoms with E-state index in [1.54, 1.807) is 11.8 Å². The molecule has 0 atom stereocenters. The van der Waals surface area contributed by atoms with Crippen molar-refractivity contribution in [2.45, 2.75) is 42.3 Å². The number of anilines is 1. The predicted octanol–water partition coefficient (Wildman–Crippen LogP) is 5.15. The van der Waals surface area contributed by atoms with E-state index in [2.05, 4.69) is 37.4 Å². The van der Waals surface area contributed by atoms with Gasteiger partial charge in [-0.25, -0.2) is 9.97 Å². The molecule has 1 aliphatic rings. The Morgan fingerprint density at radius 3 is 2.87 bits per heavy atom. The van der Waals surface area contributed by atoms with E-state index in [-0.39, 0.29) is 6.79 Å². The summed E-state index contributed by atoms with van der Waals surface area (Å²) in [6.07, 6.45) is 5.84. The van der Waals surface area contributed by atoms with Gasteiger partial charge in [0.15, 0.2) is 22.5 Å². The summed E-state index contributed by atoms with van der Waals surface area (Å²) in [7, 11) is 1.86. The van der Waals surface area contributed by atoms with Crippen LogP contribution in [-0.4, -0.2) is 28.4 Å². The normalized spacial score (nSPS) is 12.5. The number of ether oxygens (including phenoxy) is 2. The van der Waals surface area contributed by atoms with Crippen molar-refractivity contribution in [1.82, 2.24) is 14.5 Å². The number of rotatable bonds is 9. The van der Waals surface area contributed by atoms with Gasteiger partial charge in [-0.05, 0) is 53.4 Å². The number of hydrogen-bond donors (Lipinski definition) is 2. The maximum absolute atomic E-state index is 5.69. The topological polar surface area (TPSA) is 87.2 Å². The number of unbranched alkanes of at least 4 members (excludes halogenated alkanes) is 2. The van der Waals surface area contributed by atoms with E-state index in [0.29, 0.717) is 0 Å². The van der Waals surface area contributed by atoms with Crippen molar-refractivity contribution in [1.29, 1.82) is 0 Å². The first-order valence-corrected chi connectivity index (χ1v) is 11.4. The molecule has 3 N–H and O–H groups in total. The van der Waals surface area contributed by atoms with Crippen LogP contribution in [0.15, 0.2) is 51.2 Å². The van der Waals surface area contributed by atoms with Gasteiger partial charge in [-0.2, -0.15) is 0 Å². The van der Waals surface area contributed by atoms with Gasteiger partial charge in [0.25, 0.3) is 0 Å². The highest BCUT2D eigenvalue weighted by atomic mass is 79.9. The third kappa shape index (κ3) is 4.37. The van der Waals surface area contributed by atoms with Gasteiger partial charge in [-0.3, -0.25) is 0 Å². The molecular weight excluding hydrogens is 466 g/mol. The average Bonchev–Trinajstić information content (AvgIpc) is 3.31. The van der Waals surface area contributed by atoms with Crippen LogP contribution in [0.4, 0.5) is 5.82 Å². The van der Waals surface area contributed by atoms with Crippen molar-refractivity contribution in [3.63, 3.8) is 0 Å². The maximum atomic E-state index is 5.69. The van der Waals surface area contributed by atoms with Gasteiger partial charge in [0.05, 0.1) is 5.52 Å². The standard InChI is InChI=1S/C21H24BrN5O2S/c1-13(23)6-4-3-5-9-27-15-7-8-25-20(24-2)19(15)26-21(27)30-18-11-17-16(10-14(18)22)28-12-29-17/h7-8,10-11H,1,3-6,9,12,23H2,2H3,(H,24,25). The Bertz CT molecular complexity index is 1080. The highest BCUT2D eigenvalue weighted by molar-refractivity contribution is 9.10. The minimum Gasteiger partial charge on any atom is -0.454 e. The number of fused-ring (bicyclic) bond motifs is 2. The molecule has 0 aliphatic carbocycles. The van der Waals surface area contributed by atoms with E-state index in [1.165, 1.54) is 0 Å². The van der Waals surface area contributed by atoms with Crippen LogP contribution in [0.5, 0.6) is 11.5 Å². The fraction of sp³-hybridized carbons (Fsp3) is 0.333. The van der Waals surface area contributed by atoms with Gasteiger partial charge >= 0.3 is 0 Å². The molecule has 0 saturated carbocycles. The van der Waals surface area contributed by atoms with Crippen LogP contribution in [0.3, 0.4) is 0 Å². The summed E-state index contributed by atoms with van der Waals surface area (Å²) in [5.74, 6) is 2.28. The number of nitrogens with zero attached hydrogens (tertiary/aromatic N) is 3. The predicted molar refractivity (Wildman–Crippen MR) is 123 cm³/mol. The van der Waals surface area contributed by atoms with Gasteiger partial charge in [0.2, 0.25) is 6.79 Å². The summed E-state index contributed by atoms with van der Waals surface area (Å²) >= 11 is 5.25. The molecule has 158 valence electrons. The summed E-state index contributed by atoms with van der Waals surface area (Å²) in [4.78, 5) is 10.4. The summed E-state index contributed by atoms with van der Waals surface area (Å²) < 4.78 is 14.2. The van der Waals surface area contributed by atoms with E-state index in [1.807, 2.05) is 31.4 Å². The van der Waals surface area contributed by atoms with Gasteiger partial charge in [-0.1, -0.05) is 24.8 Å². The molecule has 0 bridgehead atoms. The number of aromatic nitrogens is 3. The Balaban J connectivity index is 1.63. The lowest BCUT2D eigenvalue weighted by atomic mass is 10.1. The molecule has 0 unspecified atom stereocenters. The third-order valence-electron chi connectivity index (χ3n) is 4.88. The number of hydrogen-bond acceptors (Lipinski definition) is 7. The lowest BCUT2D eigenvalue weighted by Crippen LogP contribution is -2.01. The Labute approximate surface area is 188 Å². The van der Waals surface area contributed by atoms with Crippen LogP contribution in [-0.2, 0) is 6.54 Å². The average molecular weight is 490 g/mol. The van der Waals surface area contributed by atoms with Crippen LogP contribution in [0.25, 0.3) is 11.0 Å². The fourth-order valence-electron chi connectivity index (χ4n) is 3.38. The lowest BCUT2D eigenvalue weighted by Gasteiger charge is -2.10. The monoisotopic (exact) mass is 489 g/mol. The zero-order valence-corrected chi connectivity index (χ0v) is 19.2. The first kappa shape index (κ1) is 20.9. The summed E-state index contributed by atoms with van der Waals surface area (Å²) in [6.45, 7) is 4.90. The number of benzene rings is 1. The van der Waals surface area contributed by atoms with Crippen molar-refractivity contribution >= 4 is 44.5 Å². The second-order valence-electron chi connectivity index (χ2n) is 7.03. The van der Waals surface area contributed by atoms with Crippen LogP contribution in [0.1, 0.15) is 25.7 Å². The highest BCUT2D eigenvalue weighted by Gasteiger charge is 2.20. The quantitative estimate of drug-likeness (QED) is 0.401. The van der Waals surface area contributed by atoms with Gasteiger partial charge < -0.3 is 25.1 Å². The SMILES string of the molecule is C=C(N)CCCCCn1c(Sc2cc3c(cc2Br)OCO3)nc2c(NC)nccc21. The smallest absolute Gasteiger partial charge is 0.231 e. The van der Waals surface area contributed by atoms with Gasteiger partial charge in [-0.15, -0.1) is 0 Å². The van der Waals surface area contributed by atoms with Crippen LogP contribution in [0.2, 0.25) is 0 Å². The largest absolute Gasteiger partial charge is 0.454 e. The second-order valence-corrected chi connectivity index (χ2v) is 8.89. The number of halogens is 1. The van der Waals surface area contributed by atoms with Crippen molar-refractivity contribution in [2.75, 3.05) is 19.2 Å². The minimum atomic E-state index is 0.251. The molecule has 2 aromatic heterocycles. The molecule has 0 saturated heterocycles. The molecule has 30 heavy (non-hydrogen) atoms. The molecule has 3 aromatic rings. The van der Waals surface area contributed by atoms with Gasteiger partial charge in [0.1, 0.15) is 5.52 Å². The molecule has 1 aliphatic heterocycles. The number of nitrogens with one attached hydrogen (secondary N) is 1. The van der Waals surface area contributed by atoms with E-state index < -0.39 is 0 Å². The molecule has 9 heteroatoms. The van der Waals surface area contributed by atoms with Crippen LogP contribution in [0, 0.1) is 0 Å². The zero-order valence-electron chi connectivity index (χ0n) is 16.8. The maximum Gasteiger partial charge on any atom is 0.231 e. The van der Waals surface area contributed by atoms with Crippen molar-refractivity contribution in [3.05, 3.63) is 41.1 Å². The zero-order chi connectivity index (χ0) is 21.1. The summed E-state index contributed by atoms with van der Waals surface area (Å²) in [5.41, 5.74) is 8.37. The Kier molecular flexibility index (Phi) is 6.38. The third-order valence-corrected chi connectivity index (χ3v) is 6.85. The number of allylic oxidation sites excluding steroid dienone is 1. The summed E-state index contributed by atoms with van der Waals surface area (Å²) in [6, 6.07) is 5.95. The molecule has 0 radical (unpaired) electrons. The van der Waals surface area contributed by atoms with E-state index in [4.69, 9.17) is 20.2 Å². The number of imidazole rings is 1. The fourth-order valence-corrected chi connectivity index (χ4v) is 4.90. The minimum absolute atomic E-state index is 0.251. The number of aryl methyl sites for hydroxylation is 1. The molecule has 0 fully saturated rings. The molecule has 4 rings (SSSR count). The Morgan fingerprint density at radius 1 is 1.30 bits per heavy atom. The van der Waals surface area contributed by atoms with Crippen LogP contribution >= 0.6 is 27.7 Å².